The number of primary sulfonamides is 1. The fraction of sp³-hybridized carbons (Fsp3) is 0.0667. The molecule has 130 valence electrons. The van der Waals surface area contributed by atoms with Crippen LogP contribution in [0.4, 0.5) is 11.6 Å². The van der Waals surface area contributed by atoms with E-state index in [4.69, 9.17) is 21.3 Å². The molecule has 0 unspecified atom stereocenters. The van der Waals surface area contributed by atoms with Crippen LogP contribution >= 0.6 is 22.9 Å². The number of nitrogens with two attached hydrogens (primary N) is 1. The van der Waals surface area contributed by atoms with E-state index in [0.29, 0.717) is 11.4 Å². The van der Waals surface area contributed by atoms with E-state index >= 15 is 0 Å². The first-order chi connectivity index (χ1) is 11.8. The van der Waals surface area contributed by atoms with Crippen molar-refractivity contribution in [2.24, 2.45) is 5.14 Å². The molecular weight excluding hydrogens is 386 g/mol. The highest BCUT2D eigenvalue weighted by Gasteiger charge is 2.31. The second-order valence-electron chi connectivity index (χ2n) is 5.03. The summed E-state index contributed by atoms with van der Waals surface area (Å²) in [5, 5.41) is 10.6. The van der Waals surface area contributed by atoms with Crippen LogP contribution in [0.3, 0.4) is 0 Å². The third kappa shape index (κ3) is 3.31. The van der Waals surface area contributed by atoms with E-state index < -0.39 is 15.9 Å². The average Bonchev–Trinajstić information content (AvgIpc) is 3.18. The number of aromatic nitrogens is 1. The number of benzene rings is 1. The van der Waals surface area contributed by atoms with Crippen LogP contribution in [-0.2, 0) is 10.0 Å². The Bertz CT molecular complexity index is 1030. The third-order valence-electron chi connectivity index (χ3n) is 3.31. The molecule has 0 saturated heterocycles. The largest absolute Gasteiger partial charge is 0.336 e. The quantitative estimate of drug-likeness (QED) is 0.726. The molecule has 7 nitrogen and oxygen atoms in total. The molecule has 2 N–H and O–H groups in total. The number of hydrogen-bond donors (Lipinski definition) is 1. The van der Waals surface area contributed by atoms with Crippen LogP contribution in [0.15, 0.2) is 50.5 Å². The number of nitrogens with zero attached hydrogens (tertiary/aromatic N) is 2. The maximum Gasteiger partial charge on any atom is 0.267 e. The van der Waals surface area contributed by atoms with Crippen molar-refractivity contribution >= 4 is 50.4 Å². The van der Waals surface area contributed by atoms with Crippen molar-refractivity contribution in [2.45, 2.75) is 11.1 Å². The zero-order valence-electron chi connectivity index (χ0n) is 12.8. The molecule has 2 aromatic heterocycles. The highest BCUT2D eigenvalue weighted by atomic mass is 35.5. The summed E-state index contributed by atoms with van der Waals surface area (Å²) < 4.78 is 28.5. The Hall–Kier alpha value is -2.20. The first-order valence-corrected chi connectivity index (χ1v) is 9.72. The fourth-order valence-corrected chi connectivity index (χ4v) is 4.11. The van der Waals surface area contributed by atoms with E-state index in [1.165, 1.54) is 16.3 Å². The molecule has 1 aromatic carbocycles. The number of halogens is 1. The summed E-state index contributed by atoms with van der Waals surface area (Å²) in [6.07, 6.45) is 0. The smallest absolute Gasteiger partial charge is 0.267 e. The molecule has 0 aliphatic rings. The minimum Gasteiger partial charge on any atom is -0.336 e. The van der Waals surface area contributed by atoms with Crippen LogP contribution in [0.5, 0.6) is 0 Å². The monoisotopic (exact) mass is 397 g/mol. The third-order valence-corrected chi connectivity index (χ3v) is 6.18. The predicted molar refractivity (Wildman–Crippen MR) is 94.9 cm³/mol. The lowest BCUT2D eigenvalue weighted by Crippen LogP contribution is -2.27. The van der Waals surface area contributed by atoms with Crippen LogP contribution in [0.2, 0.25) is 5.02 Å². The van der Waals surface area contributed by atoms with Crippen molar-refractivity contribution in [1.29, 1.82) is 0 Å². The number of carbonyl (C=O) groups is 1. The molecule has 25 heavy (non-hydrogen) atoms. The van der Waals surface area contributed by atoms with E-state index in [1.54, 1.807) is 37.3 Å². The Kier molecular flexibility index (Phi) is 4.65. The van der Waals surface area contributed by atoms with E-state index in [1.807, 2.05) is 0 Å². The minimum absolute atomic E-state index is 0.00179. The Labute approximate surface area is 152 Å². The van der Waals surface area contributed by atoms with Gasteiger partial charge in [0.25, 0.3) is 11.8 Å². The Morgan fingerprint density at radius 1 is 1.28 bits per heavy atom. The number of rotatable bonds is 4. The summed E-state index contributed by atoms with van der Waals surface area (Å²) in [6, 6.07) is 9.94. The standard InChI is InChI=1S/C15H12ClN3O4S2/c1-9-12(16)14(23-18-9)19(10-5-3-2-4-6-10)13(20)11-7-8-24-15(11)25(17,21)22/h2-8H,1H3,(H2,17,21,22). The Morgan fingerprint density at radius 3 is 2.52 bits per heavy atom. The Balaban J connectivity index is 2.18. The van der Waals surface area contributed by atoms with Crippen molar-refractivity contribution in [2.75, 3.05) is 4.90 Å². The Morgan fingerprint density at radius 2 is 1.96 bits per heavy atom. The molecule has 3 aromatic rings. The van der Waals surface area contributed by atoms with E-state index in [-0.39, 0.29) is 20.7 Å². The lowest BCUT2D eigenvalue weighted by Gasteiger charge is -2.20. The van der Waals surface area contributed by atoms with Gasteiger partial charge in [0.05, 0.1) is 11.3 Å². The number of hydrogen-bond acceptors (Lipinski definition) is 6. The lowest BCUT2D eigenvalue weighted by atomic mass is 10.2. The fourth-order valence-electron chi connectivity index (χ4n) is 2.18. The van der Waals surface area contributed by atoms with Crippen molar-refractivity contribution in [1.82, 2.24) is 5.16 Å². The molecule has 0 radical (unpaired) electrons. The molecule has 1 amide bonds. The topological polar surface area (TPSA) is 106 Å². The van der Waals surface area contributed by atoms with E-state index in [9.17, 15) is 13.2 Å². The summed E-state index contributed by atoms with van der Waals surface area (Å²) in [5.74, 6) is -0.642. The molecular formula is C15H12ClN3O4S2. The number of carbonyl (C=O) groups excluding carboxylic acids is 1. The first-order valence-electron chi connectivity index (χ1n) is 6.92. The lowest BCUT2D eigenvalue weighted by molar-refractivity contribution is 0.0992. The van der Waals surface area contributed by atoms with Crippen LogP contribution in [-0.4, -0.2) is 19.5 Å². The second kappa shape index (κ2) is 6.60. The van der Waals surface area contributed by atoms with Gasteiger partial charge in [-0.1, -0.05) is 35.0 Å². The number of anilines is 2. The summed E-state index contributed by atoms with van der Waals surface area (Å²) in [7, 11) is -4.05. The van der Waals surface area contributed by atoms with Crippen molar-refractivity contribution in [3.05, 3.63) is 58.1 Å². The molecule has 0 fully saturated rings. The minimum atomic E-state index is -4.05. The highest BCUT2D eigenvalue weighted by Crippen LogP contribution is 2.36. The molecule has 0 spiro atoms. The first kappa shape index (κ1) is 17.6. The maximum absolute atomic E-state index is 13.1. The van der Waals surface area contributed by atoms with Gasteiger partial charge in [0.1, 0.15) is 14.9 Å². The van der Waals surface area contributed by atoms with E-state index in [2.05, 4.69) is 5.16 Å². The van der Waals surface area contributed by atoms with Crippen LogP contribution in [0.1, 0.15) is 16.1 Å². The maximum atomic E-state index is 13.1. The van der Waals surface area contributed by atoms with E-state index in [0.717, 1.165) is 11.3 Å². The molecule has 0 saturated carbocycles. The summed E-state index contributed by atoms with van der Waals surface area (Å²) >= 11 is 7.06. The van der Waals surface area contributed by atoms with Gasteiger partial charge in [0, 0.05) is 0 Å². The molecule has 10 heteroatoms. The van der Waals surface area contributed by atoms with Gasteiger partial charge in [-0.2, -0.15) is 0 Å². The van der Waals surface area contributed by atoms with Crippen LogP contribution in [0.25, 0.3) is 0 Å². The number of amides is 1. The molecule has 2 heterocycles. The molecule has 3 rings (SSSR count). The summed E-state index contributed by atoms with van der Waals surface area (Å²) in [4.78, 5) is 14.3. The zero-order valence-corrected chi connectivity index (χ0v) is 15.2. The predicted octanol–water partition coefficient (Wildman–Crippen LogP) is 3.32. The average molecular weight is 398 g/mol. The van der Waals surface area contributed by atoms with Crippen molar-refractivity contribution in [3.8, 4) is 0 Å². The summed E-state index contributed by atoms with van der Waals surface area (Å²) in [6.45, 7) is 1.63. The highest BCUT2D eigenvalue weighted by molar-refractivity contribution is 7.91. The van der Waals surface area contributed by atoms with Gasteiger partial charge in [-0.3, -0.25) is 4.79 Å². The van der Waals surface area contributed by atoms with Crippen molar-refractivity contribution in [3.63, 3.8) is 0 Å². The number of para-hydroxylation sites is 1. The van der Waals surface area contributed by atoms with Crippen LogP contribution < -0.4 is 10.0 Å². The SMILES string of the molecule is Cc1noc(N(C(=O)c2ccsc2S(N)(=O)=O)c2ccccc2)c1Cl. The van der Waals surface area contributed by atoms with Gasteiger partial charge in [-0.15, -0.1) is 11.3 Å². The normalized spacial score (nSPS) is 11.5. The summed E-state index contributed by atoms with van der Waals surface area (Å²) in [5.41, 5.74) is 0.779. The van der Waals surface area contributed by atoms with Gasteiger partial charge in [0.15, 0.2) is 0 Å². The van der Waals surface area contributed by atoms with Gasteiger partial charge in [-0.25, -0.2) is 18.5 Å². The molecule has 0 aliphatic heterocycles. The van der Waals surface area contributed by atoms with Gasteiger partial charge < -0.3 is 4.52 Å². The number of thiophene rings is 1. The molecule has 0 aliphatic carbocycles. The second-order valence-corrected chi connectivity index (χ2v) is 8.08. The van der Waals surface area contributed by atoms with Crippen LogP contribution in [0, 0.1) is 6.92 Å². The molecule has 0 atom stereocenters. The van der Waals surface area contributed by atoms with Gasteiger partial charge in [0.2, 0.25) is 10.0 Å². The number of sulfonamides is 1. The molecule has 0 bridgehead atoms. The van der Waals surface area contributed by atoms with Gasteiger partial charge >= 0.3 is 0 Å². The number of aryl methyl sites for hydroxylation is 1. The van der Waals surface area contributed by atoms with Crippen molar-refractivity contribution < 1.29 is 17.7 Å². The zero-order chi connectivity index (χ0) is 18.2. The van der Waals surface area contributed by atoms with Gasteiger partial charge in [-0.05, 0) is 30.5 Å².